The normalized spacial score (nSPS) is 15.2. The molecule has 0 unspecified atom stereocenters. The summed E-state index contributed by atoms with van der Waals surface area (Å²) in [4.78, 5) is 36.5. The van der Waals surface area contributed by atoms with Gasteiger partial charge in [-0.15, -0.1) is 11.3 Å². The lowest BCUT2D eigenvalue weighted by atomic mass is 10.2. The van der Waals surface area contributed by atoms with Crippen molar-refractivity contribution in [2.75, 3.05) is 19.6 Å². The lowest BCUT2D eigenvalue weighted by molar-refractivity contribution is -0.143. The summed E-state index contributed by atoms with van der Waals surface area (Å²) in [6.45, 7) is 1.62. The first kappa shape index (κ1) is 17.8. The number of hydrogen-bond donors (Lipinski definition) is 1. The van der Waals surface area contributed by atoms with Gasteiger partial charge in [-0.1, -0.05) is 11.6 Å². The molecule has 0 atom stereocenters. The molecular formula is C19H17ClN4O2S. The Morgan fingerprint density at radius 3 is 2.96 bits per heavy atom. The molecule has 0 spiro atoms. The lowest BCUT2D eigenvalue weighted by Gasteiger charge is -2.33. The molecular weight excluding hydrogens is 384 g/mol. The van der Waals surface area contributed by atoms with Crippen LogP contribution in [0.4, 0.5) is 0 Å². The quantitative estimate of drug-likeness (QED) is 0.684. The molecule has 1 aliphatic heterocycles. The van der Waals surface area contributed by atoms with Gasteiger partial charge in [-0.05, 0) is 30.3 Å². The Kier molecular flexibility index (Phi) is 4.96. The molecule has 8 heteroatoms. The Morgan fingerprint density at radius 1 is 1.33 bits per heavy atom. The molecule has 1 N–H and O–H groups in total. The summed E-state index contributed by atoms with van der Waals surface area (Å²) >= 11 is 7.29. The predicted octanol–water partition coefficient (Wildman–Crippen LogP) is 3.16. The molecule has 6 nitrogen and oxygen atoms in total. The number of nitrogens with one attached hydrogen (secondary N) is 1. The fraction of sp³-hybridized carbons (Fsp3) is 0.211. The predicted molar refractivity (Wildman–Crippen MR) is 106 cm³/mol. The zero-order valence-corrected chi connectivity index (χ0v) is 16.0. The highest BCUT2D eigenvalue weighted by atomic mass is 35.5. The van der Waals surface area contributed by atoms with Crippen LogP contribution in [0.5, 0.6) is 0 Å². The molecule has 0 bridgehead atoms. The molecule has 1 saturated heterocycles. The summed E-state index contributed by atoms with van der Waals surface area (Å²) in [6.07, 6.45) is 6.75. The minimum atomic E-state index is -0.163. The molecule has 4 heterocycles. The summed E-state index contributed by atoms with van der Waals surface area (Å²) in [5.74, 6) is -0.219. The van der Waals surface area contributed by atoms with E-state index < -0.39 is 0 Å². The van der Waals surface area contributed by atoms with E-state index in [0.717, 1.165) is 21.5 Å². The molecule has 1 fully saturated rings. The first-order valence-electron chi connectivity index (χ1n) is 8.50. The Hall–Kier alpha value is -2.64. The zero-order chi connectivity index (χ0) is 18.8. The van der Waals surface area contributed by atoms with Crippen LogP contribution in [0.25, 0.3) is 17.0 Å². The first-order valence-corrected chi connectivity index (χ1v) is 9.69. The van der Waals surface area contributed by atoms with Crippen molar-refractivity contribution in [1.82, 2.24) is 19.8 Å². The van der Waals surface area contributed by atoms with Gasteiger partial charge in [0.15, 0.2) is 0 Å². The van der Waals surface area contributed by atoms with Crippen LogP contribution < -0.4 is 0 Å². The number of aromatic amines is 1. The van der Waals surface area contributed by atoms with Gasteiger partial charge >= 0.3 is 0 Å². The number of halogens is 1. The van der Waals surface area contributed by atoms with Gasteiger partial charge in [0.1, 0.15) is 6.54 Å². The molecule has 0 aromatic carbocycles. The van der Waals surface area contributed by atoms with E-state index in [0.29, 0.717) is 24.0 Å². The van der Waals surface area contributed by atoms with Gasteiger partial charge in [-0.25, -0.2) is 0 Å². The van der Waals surface area contributed by atoms with Crippen LogP contribution >= 0.6 is 22.9 Å². The van der Waals surface area contributed by atoms with E-state index >= 15 is 0 Å². The number of hydrogen-bond acceptors (Lipinski definition) is 4. The number of piperazine rings is 1. The summed E-state index contributed by atoms with van der Waals surface area (Å²) in [5.41, 5.74) is 1.96. The van der Waals surface area contributed by atoms with Crippen molar-refractivity contribution in [3.05, 3.63) is 57.6 Å². The van der Waals surface area contributed by atoms with Gasteiger partial charge in [0.05, 0.1) is 10.9 Å². The molecule has 0 radical (unpaired) electrons. The van der Waals surface area contributed by atoms with Crippen molar-refractivity contribution < 1.29 is 9.59 Å². The smallest absolute Gasteiger partial charge is 0.247 e. The fourth-order valence-corrected chi connectivity index (χ4v) is 4.03. The molecule has 138 valence electrons. The zero-order valence-electron chi connectivity index (χ0n) is 14.4. The van der Waals surface area contributed by atoms with Crippen LogP contribution in [0.2, 0.25) is 4.34 Å². The van der Waals surface area contributed by atoms with Crippen molar-refractivity contribution in [1.29, 1.82) is 0 Å². The highest BCUT2D eigenvalue weighted by Gasteiger charge is 2.26. The third-order valence-electron chi connectivity index (χ3n) is 4.45. The second kappa shape index (κ2) is 7.54. The number of carbonyl (C=O) groups is 2. The van der Waals surface area contributed by atoms with E-state index in [1.165, 1.54) is 17.4 Å². The first-order chi connectivity index (χ1) is 13.1. The topological polar surface area (TPSA) is 69.3 Å². The Morgan fingerprint density at radius 2 is 2.22 bits per heavy atom. The molecule has 4 rings (SSSR count). The number of nitrogens with zero attached hydrogens (tertiary/aromatic N) is 3. The summed E-state index contributed by atoms with van der Waals surface area (Å²) in [5, 5.41) is 1.02. The van der Waals surface area contributed by atoms with Crippen molar-refractivity contribution in [2.24, 2.45) is 0 Å². The van der Waals surface area contributed by atoms with Gasteiger partial charge in [0.25, 0.3) is 0 Å². The van der Waals surface area contributed by atoms with E-state index in [2.05, 4.69) is 9.97 Å². The van der Waals surface area contributed by atoms with Gasteiger partial charge in [0.2, 0.25) is 11.8 Å². The molecule has 3 aromatic heterocycles. The van der Waals surface area contributed by atoms with Gasteiger partial charge in [0, 0.05) is 53.0 Å². The highest BCUT2D eigenvalue weighted by Crippen LogP contribution is 2.22. The van der Waals surface area contributed by atoms with Crippen LogP contribution in [-0.2, 0) is 16.1 Å². The molecule has 1 aliphatic rings. The van der Waals surface area contributed by atoms with Crippen LogP contribution in [0.1, 0.15) is 10.6 Å². The summed E-state index contributed by atoms with van der Waals surface area (Å²) in [6, 6.07) is 7.56. The van der Waals surface area contributed by atoms with Crippen molar-refractivity contribution in [3.8, 4) is 0 Å². The average molecular weight is 401 g/mol. The summed E-state index contributed by atoms with van der Waals surface area (Å²) in [7, 11) is 0. The molecule has 0 aliphatic carbocycles. The van der Waals surface area contributed by atoms with Crippen LogP contribution in [-0.4, -0.2) is 51.2 Å². The maximum absolute atomic E-state index is 12.5. The van der Waals surface area contributed by atoms with Crippen LogP contribution in [0.15, 0.2) is 42.7 Å². The number of carbonyl (C=O) groups excluding carboxylic acids is 2. The third-order valence-corrected chi connectivity index (χ3v) is 5.65. The monoisotopic (exact) mass is 400 g/mol. The van der Waals surface area contributed by atoms with Gasteiger partial charge in [-0.3, -0.25) is 14.6 Å². The van der Waals surface area contributed by atoms with Crippen molar-refractivity contribution in [3.63, 3.8) is 0 Å². The number of aromatic nitrogens is 2. The maximum Gasteiger partial charge on any atom is 0.247 e. The SMILES string of the molecule is O=C(/C=C/c1ccc(Cl)s1)N1CCN(Cc2cc3cnccc3[nH]2)C(=O)C1. The average Bonchev–Trinajstić information content (AvgIpc) is 3.26. The minimum absolute atomic E-state index is 0.0565. The van der Waals surface area contributed by atoms with E-state index in [4.69, 9.17) is 11.6 Å². The minimum Gasteiger partial charge on any atom is -0.357 e. The third kappa shape index (κ3) is 4.04. The maximum atomic E-state index is 12.5. The number of fused-ring (bicyclic) bond motifs is 1. The standard InChI is InChI=1S/C19H17ClN4O2S/c20-17-3-1-15(27-17)2-4-18(25)24-8-7-23(19(26)12-24)11-14-9-13-10-21-6-5-16(13)22-14/h1-6,9-10,22H,7-8,11-12H2/b4-2+. The second-order valence-corrected chi connectivity index (χ2v) is 8.05. The van der Waals surface area contributed by atoms with Gasteiger partial charge in [-0.2, -0.15) is 0 Å². The Balaban J connectivity index is 1.36. The number of H-pyrrole nitrogens is 1. The molecule has 0 saturated carbocycles. The number of amides is 2. The van der Waals surface area contributed by atoms with Crippen LogP contribution in [0.3, 0.4) is 0 Å². The van der Waals surface area contributed by atoms with E-state index in [1.807, 2.05) is 18.2 Å². The number of thiophene rings is 1. The number of rotatable bonds is 4. The van der Waals surface area contributed by atoms with Crippen LogP contribution in [0, 0.1) is 0 Å². The van der Waals surface area contributed by atoms with E-state index in [1.54, 1.807) is 34.3 Å². The van der Waals surface area contributed by atoms with Crippen molar-refractivity contribution in [2.45, 2.75) is 6.54 Å². The number of pyridine rings is 1. The highest BCUT2D eigenvalue weighted by molar-refractivity contribution is 7.17. The van der Waals surface area contributed by atoms with E-state index in [-0.39, 0.29) is 18.4 Å². The molecule has 2 amide bonds. The fourth-order valence-electron chi connectivity index (χ4n) is 3.06. The summed E-state index contributed by atoms with van der Waals surface area (Å²) < 4.78 is 0.679. The molecule has 3 aromatic rings. The van der Waals surface area contributed by atoms with Crippen molar-refractivity contribution >= 4 is 51.7 Å². The Labute approximate surface area is 165 Å². The molecule has 27 heavy (non-hydrogen) atoms. The largest absolute Gasteiger partial charge is 0.357 e. The lowest BCUT2D eigenvalue weighted by Crippen LogP contribution is -2.51. The van der Waals surface area contributed by atoms with Gasteiger partial charge < -0.3 is 14.8 Å². The second-order valence-electron chi connectivity index (χ2n) is 6.31. The Bertz CT molecular complexity index is 993. The van der Waals surface area contributed by atoms with E-state index in [9.17, 15) is 9.59 Å².